The molecule has 0 fully saturated rings. The van der Waals surface area contributed by atoms with Gasteiger partial charge in [0.05, 0.1) is 49.8 Å². The number of fused-ring (bicyclic) bond motifs is 1. The summed E-state index contributed by atoms with van der Waals surface area (Å²) in [6.07, 6.45) is 6.79. The van der Waals surface area contributed by atoms with E-state index in [0.29, 0.717) is 30.3 Å². The molecule has 0 unspecified atom stereocenters. The third-order valence-corrected chi connectivity index (χ3v) is 4.21. The number of nitriles is 1. The molecule has 0 saturated heterocycles. The van der Waals surface area contributed by atoms with E-state index in [1.54, 1.807) is 18.5 Å². The maximum atomic E-state index is 9.34. The summed E-state index contributed by atoms with van der Waals surface area (Å²) in [5.74, 6) is 0.304. The van der Waals surface area contributed by atoms with Crippen LogP contribution in [0, 0.1) is 11.3 Å². The van der Waals surface area contributed by atoms with Crippen LogP contribution >= 0.6 is 0 Å². The lowest BCUT2D eigenvalue weighted by atomic mass is 10.0. The first kappa shape index (κ1) is 15.4. The van der Waals surface area contributed by atoms with E-state index in [1.807, 2.05) is 10.9 Å². The minimum atomic E-state index is 0.304. The van der Waals surface area contributed by atoms with Crippen molar-refractivity contribution in [3.8, 4) is 28.9 Å². The lowest BCUT2D eigenvalue weighted by Gasteiger charge is -2.09. The summed E-state index contributed by atoms with van der Waals surface area (Å²) in [6.45, 7) is 1.31. The van der Waals surface area contributed by atoms with E-state index in [0.717, 1.165) is 35.4 Å². The van der Waals surface area contributed by atoms with Gasteiger partial charge in [-0.05, 0) is 12.5 Å². The monoisotopic (exact) mass is 336 g/mol. The Balaban J connectivity index is 1.92. The van der Waals surface area contributed by atoms with Gasteiger partial charge in [-0.15, -0.1) is 0 Å². The number of hydrogen-bond acceptors (Lipinski definition) is 6. The number of nitrogens with zero attached hydrogens (tertiary/aromatic N) is 5. The third kappa shape index (κ3) is 2.64. The van der Waals surface area contributed by atoms with Gasteiger partial charge in [0, 0.05) is 23.7 Å². The SMILES string of the molecule is COc1ncc(-n2nc3c(c2-c2cn[nH]c2)CCOCC3)cc1C#N. The van der Waals surface area contributed by atoms with Gasteiger partial charge in [0.2, 0.25) is 5.88 Å². The molecule has 4 rings (SSSR count). The number of pyridine rings is 1. The summed E-state index contributed by atoms with van der Waals surface area (Å²) >= 11 is 0. The molecule has 126 valence electrons. The van der Waals surface area contributed by atoms with E-state index >= 15 is 0 Å². The number of ether oxygens (including phenoxy) is 2. The van der Waals surface area contributed by atoms with Crippen molar-refractivity contribution in [3.05, 3.63) is 41.5 Å². The second-order valence-electron chi connectivity index (χ2n) is 5.65. The number of hydrogen-bond donors (Lipinski definition) is 1. The summed E-state index contributed by atoms with van der Waals surface area (Å²) in [5.41, 5.74) is 5.11. The highest BCUT2D eigenvalue weighted by atomic mass is 16.5. The number of methoxy groups -OCH3 is 1. The molecule has 3 aromatic heterocycles. The summed E-state index contributed by atoms with van der Waals surface area (Å²) in [6, 6.07) is 3.85. The van der Waals surface area contributed by atoms with Crippen molar-refractivity contribution in [2.45, 2.75) is 12.8 Å². The lowest BCUT2D eigenvalue weighted by molar-refractivity contribution is 0.146. The number of nitrogens with one attached hydrogen (secondary N) is 1. The number of aromatic nitrogens is 5. The predicted octanol–water partition coefficient (Wildman–Crippen LogP) is 1.65. The maximum Gasteiger partial charge on any atom is 0.231 e. The summed E-state index contributed by atoms with van der Waals surface area (Å²) < 4.78 is 12.5. The Kier molecular flexibility index (Phi) is 3.91. The van der Waals surface area contributed by atoms with Gasteiger partial charge in [0.1, 0.15) is 11.6 Å². The molecular formula is C17H16N6O2. The van der Waals surface area contributed by atoms with Crippen molar-refractivity contribution in [2.24, 2.45) is 0 Å². The van der Waals surface area contributed by atoms with Gasteiger partial charge in [-0.25, -0.2) is 9.67 Å². The summed E-state index contributed by atoms with van der Waals surface area (Å²) in [7, 11) is 1.50. The lowest BCUT2D eigenvalue weighted by Crippen LogP contribution is -2.04. The van der Waals surface area contributed by atoms with E-state index in [-0.39, 0.29) is 0 Å². The van der Waals surface area contributed by atoms with Gasteiger partial charge in [-0.3, -0.25) is 5.10 Å². The highest BCUT2D eigenvalue weighted by molar-refractivity contribution is 5.66. The second kappa shape index (κ2) is 6.37. The van der Waals surface area contributed by atoms with Gasteiger partial charge in [0.15, 0.2) is 0 Å². The molecule has 1 N–H and O–H groups in total. The summed E-state index contributed by atoms with van der Waals surface area (Å²) in [4.78, 5) is 4.24. The van der Waals surface area contributed by atoms with E-state index < -0.39 is 0 Å². The molecule has 8 heteroatoms. The van der Waals surface area contributed by atoms with E-state index in [2.05, 4.69) is 21.3 Å². The van der Waals surface area contributed by atoms with Gasteiger partial charge >= 0.3 is 0 Å². The average Bonchev–Trinajstić information content (AvgIpc) is 3.23. The molecule has 0 aliphatic carbocycles. The topological polar surface area (TPSA) is 102 Å². The molecule has 0 aromatic carbocycles. The average molecular weight is 336 g/mol. The Morgan fingerprint density at radius 3 is 2.96 bits per heavy atom. The van der Waals surface area contributed by atoms with Crippen LogP contribution < -0.4 is 4.74 Å². The van der Waals surface area contributed by atoms with Crippen LogP contribution in [-0.4, -0.2) is 45.3 Å². The van der Waals surface area contributed by atoms with Crippen LogP contribution in [0.4, 0.5) is 0 Å². The smallest absolute Gasteiger partial charge is 0.231 e. The molecule has 1 aliphatic rings. The molecule has 0 bridgehead atoms. The van der Waals surface area contributed by atoms with Crippen LogP contribution in [0.1, 0.15) is 16.8 Å². The quantitative estimate of drug-likeness (QED) is 0.780. The molecule has 0 spiro atoms. The molecule has 1 aliphatic heterocycles. The molecule has 8 nitrogen and oxygen atoms in total. The Labute approximate surface area is 144 Å². The largest absolute Gasteiger partial charge is 0.480 e. The molecule has 0 radical (unpaired) electrons. The van der Waals surface area contributed by atoms with Crippen molar-refractivity contribution in [1.29, 1.82) is 5.26 Å². The van der Waals surface area contributed by atoms with Crippen LogP contribution in [-0.2, 0) is 17.6 Å². The van der Waals surface area contributed by atoms with Crippen LogP contribution in [0.3, 0.4) is 0 Å². The zero-order chi connectivity index (χ0) is 17.2. The standard InChI is InChI=1S/C17H16N6O2/c1-24-17-11(7-18)6-13(10-19-17)23-16(12-8-20-21-9-12)14-2-4-25-5-3-15(14)22-23/h6,8-10H,2-5H2,1H3,(H,20,21). The zero-order valence-corrected chi connectivity index (χ0v) is 13.7. The van der Waals surface area contributed by atoms with Crippen molar-refractivity contribution in [3.63, 3.8) is 0 Å². The van der Waals surface area contributed by atoms with Crippen LogP contribution in [0.15, 0.2) is 24.7 Å². The first-order valence-corrected chi connectivity index (χ1v) is 7.94. The van der Waals surface area contributed by atoms with Gasteiger partial charge in [-0.2, -0.15) is 15.5 Å². The first-order valence-electron chi connectivity index (χ1n) is 7.94. The van der Waals surface area contributed by atoms with Gasteiger partial charge in [-0.1, -0.05) is 0 Å². The molecule has 0 saturated carbocycles. The number of aromatic amines is 1. The highest BCUT2D eigenvalue weighted by Gasteiger charge is 2.23. The van der Waals surface area contributed by atoms with E-state index in [4.69, 9.17) is 14.6 Å². The zero-order valence-electron chi connectivity index (χ0n) is 13.7. The van der Waals surface area contributed by atoms with Crippen molar-refractivity contribution in [2.75, 3.05) is 20.3 Å². The van der Waals surface area contributed by atoms with Crippen LogP contribution in [0.5, 0.6) is 5.88 Å². The molecule has 0 amide bonds. The normalized spacial score (nSPS) is 13.8. The second-order valence-corrected chi connectivity index (χ2v) is 5.65. The number of rotatable bonds is 3. The molecule has 3 aromatic rings. The third-order valence-electron chi connectivity index (χ3n) is 4.21. The molecule has 4 heterocycles. The van der Waals surface area contributed by atoms with E-state index in [1.165, 1.54) is 7.11 Å². The molecule has 25 heavy (non-hydrogen) atoms. The Morgan fingerprint density at radius 2 is 2.20 bits per heavy atom. The fraction of sp³-hybridized carbons (Fsp3) is 0.294. The minimum absolute atomic E-state index is 0.304. The van der Waals surface area contributed by atoms with Crippen molar-refractivity contribution in [1.82, 2.24) is 25.0 Å². The summed E-state index contributed by atoms with van der Waals surface area (Å²) in [5, 5.41) is 21.0. The first-order chi connectivity index (χ1) is 12.3. The number of H-pyrrole nitrogens is 1. The molecule has 0 atom stereocenters. The Morgan fingerprint density at radius 1 is 1.32 bits per heavy atom. The Hall–Kier alpha value is -3.18. The van der Waals surface area contributed by atoms with Gasteiger partial charge in [0.25, 0.3) is 0 Å². The van der Waals surface area contributed by atoms with Crippen molar-refractivity contribution >= 4 is 0 Å². The van der Waals surface area contributed by atoms with Crippen LogP contribution in [0.2, 0.25) is 0 Å². The Bertz CT molecular complexity index is 939. The van der Waals surface area contributed by atoms with Crippen LogP contribution in [0.25, 0.3) is 16.9 Å². The van der Waals surface area contributed by atoms with E-state index in [9.17, 15) is 5.26 Å². The predicted molar refractivity (Wildman–Crippen MR) is 88.4 cm³/mol. The maximum absolute atomic E-state index is 9.34. The molecular weight excluding hydrogens is 320 g/mol. The van der Waals surface area contributed by atoms with Gasteiger partial charge < -0.3 is 9.47 Å². The minimum Gasteiger partial charge on any atom is -0.480 e. The highest BCUT2D eigenvalue weighted by Crippen LogP contribution is 2.31. The fourth-order valence-electron chi connectivity index (χ4n) is 3.07. The fourth-order valence-corrected chi connectivity index (χ4v) is 3.07. The van der Waals surface area contributed by atoms with Crippen molar-refractivity contribution < 1.29 is 9.47 Å².